The molecular formula is C18H24Br2NO8P. The molecule has 0 bridgehead atoms. The van der Waals surface area contributed by atoms with E-state index in [1.54, 1.807) is 52.0 Å². The van der Waals surface area contributed by atoms with E-state index >= 15 is 0 Å². The number of alkyl halides is 1. The van der Waals surface area contributed by atoms with Gasteiger partial charge in [-0.1, -0.05) is 33.2 Å². The van der Waals surface area contributed by atoms with Crippen LogP contribution in [0.25, 0.3) is 0 Å². The predicted molar refractivity (Wildman–Crippen MR) is 118 cm³/mol. The fourth-order valence-electron chi connectivity index (χ4n) is 2.07. The molecule has 0 atom stereocenters. The number of oxime groups is 1. The maximum atomic E-state index is 13.4. The fraction of sp³-hybridized carbons (Fsp3) is 0.500. The van der Waals surface area contributed by atoms with Crippen molar-refractivity contribution >= 4 is 56.8 Å². The highest BCUT2D eigenvalue weighted by Gasteiger charge is 2.51. The van der Waals surface area contributed by atoms with Gasteiger partial charge in [-0.25, -0.2) is 9.59 Å². The first-order valence-corrected chi connectivity index (χ1v) is 12.3. The van der Waals surface area contributed by atoms with E-state index in [2.05, 4.69) is 37.0 Å². The molecule has 0 unspecified atom stereocenters. The highest BCUT2D eigenvalue weighted by atomic mass is 79.9. The molecule has 0 aliphatic rings. The molecule has 0 saturated carbocycles. The summed E-state index contributed by atoms with van der Waals surface area (Å²) in [6.07, 6.45) is 0. The Kier molecular flexibility index (Phi) is 11.2. The van der Waals surface area contributed by atoms with Gasteiger partial charge in [-0.15, -0.1) is 0 Å². The lowest BCUT2D eigenvalue weighted by Gasteiger charge is -2.23. The molecule has 0 N–H and O–H groups in total. The fourth-order valence-corrected chi connectivity index (χ4v) is 4.24. The van der Waals surface area contributed by atoms with Crippen LogP contribution in [0.4, 0.5) is 0 Å². The van der Waals surface area contributed by atoms with Crippen LogP contribution < -0.4 is 0 Å². The number of esters is 2. The number of nitrogens with zero attached hydrogens (tertiary/aromatic N) is 1. The zero-order chi connectivity index (χ0) is 22.8. The second-order valence-corrected chi connectivity index (χ2v) is 9.35. The molecule has 1 rings (SSSR count). The van der Waals surface area contributed by atoms with Crippen molar-refractivity contribution in [2.24, 2.45) is 5.16 Å². The van der Waals surface area contributed by atoms with Crippen molar-refractivity contribution in [1.29, 1.82) is 0 Å². The molecule has 0 fully saturated rings. The van der Waals surface area contributed by atoms with E-state index < -0.39 is 24.0 Å². The Labute approximate surface area is 192 Å². The van der Waals surface area contributed by atoms with Gasteiger partial charge in [0, 0.05) is 10.0 Å². The number of carbonyl (C=O) groups excluding carboxylic acids is 2. The van der Waals surface area contributed by atoms with E-state index in [-0.39, 0.29) is 31.9 Å². The van der Waals surface area contributed by atoms with Crippen LogP contribution >= 0.6 is 39.5 Å². The Morgan fingerprint density at radius 1 is 0.933 bits per heavy atom. The van der Waals surface area contributed by atoms with E-state index in [0.717, 1.165) is 4.47 Å². The predicted octanol–water partition coefficient (Wildman–Crippen LogP) is 4.61. The second kappa shape index (κ2) is 12.6. The van der Waals surface area contributed by atoms with Crippen LogP contribution in [0.3, 0.4) is 0 Å². The first-order valence-electron chi connectivity index (χ1n) is 9.13. The van der Waals surface area contributed by atoms with Crippen LogP contribution in [-0.2, 0) is 37.5 Å². The summed E-state index contributed by atoms with van der Waals surface area (Å²) in [7, 11) is -3.96. The lowest BCUT2D eigenvalue weighted by molar-refractivity contribution is -0.176. The Morgan fingerprint density at radius 3 is 1.80 bits per heavy atom. The summed E-state index contributed by atoms with van der Waals surface area (Å²) in [5.74, 6) is -2.16. The van der Waals surface area contributed by atoms with E-state index in [1.165, 1.54) is 0 Å². The van der Waals surface area contributed by atoms with Crippen LogP contribution in [-0.4, -0.2) is 48.3 Å². The Morgan fingerprint density at radius 2 is 1.40 bits per heavy atom. The van der Waals surface area contributed by atoms with Crippen molar-refractivity contribution in [2.75, 3.05) is 26.4 Å². The number of halogens is 2. The molecule has 0 aliphatic carbocycles. The van der Waals surface area contributed by atoms with Gasteiger partial charge in [0.15, 0.2) is 5.45 Å². The topological polar surface area (TPSA) is 110 Å². The van der Waals surface area contributed by atoms with Crippen molar-refractivity contribution in [3.8, 4) is 0 Å². The average Bonchev–Trinajstić information content (AvgIpc) is 2.70. The summed E-state index contributed by atoms with van der Waals surface area (Å²) in [6, 6.07) is 6.57. The van der Waals surface area contributed by atoms with Crippen LogP contribution in [0, 0.1) is 0 Å². The van der Waals surface area contributed by atoms with Crippen molar-refractivity contribution in [3.63, 3.8) is 0 Å². The number of hydrogen-bond acceptors (Lipinski definition) is 9. The van der Waals surface area contributed by atoms with Gasteiger partial charge < -0.3 is 23.4 Å². The molecule has 9 nitrogen and oxygen atoms in total. The molecule has 168 valence electrons. The molecule has 1 aromatic rings. The summed E-state index contributed by atoms with van der Waals surface area (Å²) in [5.41, 5.74) is 0.113. The lowest BCUT2D eigenvalue weighted by Crippen LogP contribution is -2.45. The van der Waals surface area contributed by atoms with Gasteiger partial charge in [-0.05, 0) is 55.8 Å². The summed E-state index contributed by atoms with van der Waals surface area (Å²) in [4.78, 5) is 30.0. The first kappa shape index (κ1) is 26.8. The summed E-state index contributed by atoms with van der Waals surface area (Å²) in [6.45, 7) is 6.47. The minimum atomic E-state index is -3.96. The molecule has 0 spiro atoms. The van der Waals surface area contributed by atoms with Crippen LogP contribution in [0.1, 0.15) is 33.3 Å². The third-order valence-electron chi connectivity index (χ3n) is 3.29. The maximum Gasteiger partial charge on any atom is 0.383 e. The van der Waals surface area contributed by atoms with Crippen LogP contribution in [0.5, 0.6) is 0 Å². The van der Waals surface area contributed by atoms with Crippen molar-refractivity contribution in [2.45, 2.75) is 32.2 Å². The average molecular weight is 573 g/mol. The smallest absolute Gasteiger partial charge is 0.383 e. The van der Waals surface area contributed by atoms with E-state index in [0.29, 0.717) is 5.56 Å². The highest BCUT2D eigenvalue weighted by Crippen LogP contribution is 2.52. The van der Waals surface area contributed by atoms with Crippen LogP contribution in [0.2, 0.25) is 0 Å². The van der Waals surface area contributed by atoms with Crippen molar-refractivity contribution in [1.82, 2.24) is 0 Å². The number of rotatable bonds is 12. The maximum absolute atomic E-state index is 13.4. The van der Waals surface area contributed by atoms with Gasteiger partial charge in [0.2, 0.25) is 0 Å². The zero-order valence-corrected chi connectivity index (χ0v) is 21.1. The summed E-state index contributed by atoms with van der Waals surface area (Å²) >= 11 is 6.24. The molecule has 0 heterocycles. The Hall–Kier alpha value is -1.26. The second-order valence-electron chi connectivity index (χ2n) is 5.38. The third kappa shape index (κ3) is 6.88. The Bertz CT molecular complexity index is 772. The van der Waals surface area contributed by atoms with Gasteiger partial charge in [0.05, 0.1) is 26.4 Å². The molecule has 0 saturated heterocycles. The molecular weight excluding hydrogens is 549 g/mol. The van der Waals surface area contributed by atoms with Gasteiger partial charge in [-0.3, -0.25) is 4.57 Å². The van der Waals surface area contributed by atoms with Gasteiger partial charge in [-0.2, -0.15) is 0 Å². The number of hydrogen-bond donors (Lipinski definition) is 0. The molecule has 30 heavy (non-hydrogen) atoms. The molecule has 0 aromatic heterocycles. The van der Waals surface area contributed by atoms with E-state index in [9.17, 15) is 14.2 Å². The number of benzene rings is 1. The van der Waals surface area contributed by atoms with Gasteiger partial charge in [0.1, 0.15) is 0 Å². The van der Waals surface area contributed by atoms with E-state index in [1.807, 2.05) is 0 Å². The minimum Gasteiger partial charge on any atom is -0.462 e. The van der Waals surface area contributed by atoms with Crippen LogP contribution in [0.15, 0.2) is 33.9 Å². The SMILES string of the molecule is CCOC(=O)C(Br)(O/N=C(/c1ccc(Br)cc1)P(=O)(OCC)OCC)C(=O)OCC. The number of ether oxygens (including phenoxy) is 2. The molecule has 0 aliphatic heterocycles. The monoisotopic (exact) mass is 571 g/mol. The Balaban J connectivity index is 3.52. The third-order valence-corrected chi connectivity index (χ3v) is 6.67. The first-order chi connectivity index (χ1) is 14.2. The normalized spacial score (nSPS) is 12.4. The van der Waals surface area contributed by atoms with Gasteiger partial charge >= 0.3 is 24.0 Å². The zero-order valence-electron chi connectivity index (χ0n) is 17.1. The molecule has 0 amide bonds. The lowest BCUT2D eigenvalue weighted by atomic mass is 10.2. The van der Waals surface area contributed by atoms with Crippen molar-refractivity contribution in [3.05, 3.63) is 34.3 Å². The minimum absolute atomic E-state index is 0.0192. The highest BCUT2D eigenvalue weighted by molar-refractivity contribution is 9.10. The molecule has 12 heteroatoms. The largest absolute Gasteiger partial charge is 0.462 e. The molecule has 0 radical (unpaired) electrons. The summed E-state index contributed by atoms with van der Waals surface area (Å²) in [5, 5.41) is 3.85. The quantitative estimate of drug-likeness (QED) is 0.0891. The van der Waals surface area contributed by atoms with Crippen molar-refractivity contribution < 1.29 is 37.5 Å². The van der Waals surface area contributed by atoms with Gasteiger partial charge in [0.25, 0.3) is 0 Å². The number of carbonyl (C=O) groups is 2. The van der Waals surface area contributed by atoms with E-state index in [4.69, 9.17) is 23.4 Å². The summed E-state index contributed by atoms with van der Waals surface area (Å²) < 4.78 is 32.3. The standard InChI is InChI=1S/C18H24Br2NO8P/c1-5-25-16(22)18(20,17(23)26-6-2)29-21-15(13-9-11-14(19)12-10-13)30(24,27-7-3)28-8-4/h9-12H,5-8H2,1-4H3/b21-15-. The molecule has 1 aromatic carbocycles.